The molecule has 0 saturated heterocycles. The van der Waals surface area contributed by atoms with Crippen LogP contribution < -0.4 is 4.74 Å². The summed E-state index contributed by atoms with van der Waals surface area (Å²) in [6.07, 6.45) is 1.90. The number of carbonyl (C=O) groups is 1. The molecule has 13 heavy (non-hydrogen) atoms. The summed E-state index contributed by atoms with van der Waals surface area (Å²) in [5, 5.41) is 9.38. The highest BCUT2D eigenvalue weighted by Crippen LogP contribution is 2.30. The van der Waals surface area contributed by atoms with Gasteiger partial charge in [-0.1, -0.05) is 0 Å². The predicted octanol–water partition coefficient (Wildman–Crippen LogP) is 2.04. The van der Waals surface area contributed by atoms with Crippen molar-refractivity contribution in [1.29, 1.82) is 0 Å². The Kier molecular flexibility index (Phi) is 3.19. The summed E-state index contributed by atoms with van der Waals surface area (Å²) < 4.78 is 4.75. The smallest absolute Gasteiger partial charge is 0.308 e. The summed E-state index contributed by atoms with van der Waals surface area (Å²) in [6, 6.07) is 4.91. The number of carbonyl (C=O) groups excluding carboxylic acids is 1. The van der Waals surface area contributed by atoms with Crippen LogP contribution in [0, 0.1) is 0 Å². The largest absolute Gasteiger partial charge is 0.504 e. The van der Waals surface area contributed by atoms with Gasteiger partial charge in [0, 0.05) is 11.8 Å². The highest BCUT2D eigenvalue weighted by molar-refractivity contribution is 7.98. The predicted molar refractivity (Wildman–Crippen MR) is 51.2 cm³/mol. The molecule has 0 aliphatic carbocycles. The van der Waals surface area contributed by atoms with Gasteiger partial charge in [0.1, 0.15) is 0 Å². The van der Waals surface area contributed by atoms with Gasteiger partial charge >= 0.3 is 5.97 Å². The van der Waals surface area contributed by atoms with Crippen LogP contribution in [0.2, 0.25) is 0 Å². The molecule has 1 rings (SSSR count). The Labute approximate surface area is 80.7 Å². The van der Waals surface area contributed by atoms with E-state index in [1.807, 2.05) is 6.26 Å². The monoisotopic (exact) mass is 198 g/mol. The fourth-order valence-electron chi connectivity index (χ4n) is 0.865. The van der Waals surface area contributed by atoms with Crippen LogP contribution in [0.4, 0.5) is 0 Å². The first kappa shape index (κ1) is 9.92. The molecule has 0 radical (unpaired) electrons. The standard InChI is InChI=1S/C9H10O3S/c1-6(10)12-9-4-3-7(13-2)5-8(9)11/h3-5,11H,1-2H3. The van der Waals surface area contributed by atoms with Gasteiger partial charge in [-0.3, -0.25) is 4.79 Å². The molecule has 1 aromatic rings. The van der Waals surface area contributed by atoms with Crippen molar-refractivity contribution < 1.29 is 14.6 Å². The number of thioether (sulfide) groups is 1. The molecule has 0 unspecified atom stereocenters. The summed E-state index contributed by atoms with van der Waals surface area (Å²) in [6.45, 7) is 1.29. The molecule has 0 aliphatic heterocycles. The Bertz CT molecular complexity index is 323. The minimum absolute atomic E-state index is 0.0120. The van der Waals surface area contributed by atoms with Gasteiger partial charge in [0.05, 0.1) is 0 Å². The average molecular weight is 198 g/mol. The maximum Gasteiger partial charge on any atom is 0.308 e. The molecular formula is C9H10O3S. The number of rotatable bonds is 2. The highest BCUT2D eigenvalue weighted by atomic mass is 32.2. The van der Waals surface area contributed by atoms with Crippen LogP contribution in [0.25, 0.3) is 0 Å². The van der Waals surface area contributed by atoms with Gasteiger partial charge < -0.3 is 9.84 Å². The Balaban J connectivity index is 2.91. The molecule has 0 aliphatic rings. The van der Waals surface area contributed by atoms with E-state index in [4.69, 9.17) is 4.74 Å². The molecule has 1 aromatic carbocycles. The zero-order chi connectivity index (χ0) is 9.84. The van der Waals surface area contributed by atoms with Crippen LogP contribution >= 0.6 is 11.8 Å². The third kappa shape index (κ3) is 2.66. The lowest BCUT2D eigenvalue weighted by Gasteiger charge is -2.04. The van der Waals surface area contributed by atoms with E-state index >= 15 is 0 Å². The number of phenolic OH excluding ortho intramolecular Hbond substituents is 1. The van der Waals surface area contributed by atoms with Gasteiger partial charge in [0.2, 0.25) is 0 Å². The zero-order valence-electron chi connectivity index (χ0n) is 7.40. The molecule has 0 aromatic heterocycles. The third-order valence-corrected chi connectivity index (χ3v) is 2.15. The van der Waals surface area contributed by atoms with Crippen LogP contribution in [0.15, 0.2) is 23.1 Å². The first-order valence-corrected chi connectivity index (χ1v) is 4.91. The summed E-state index contributed by atoms with van der Waals surface area (Å²) in [7, 11) is 0. The molecule has 0 amide bonds. The molecule has 0 spiro atoms. The number of esters is 1. The SMILES string of the molecule is CSc1ccc(OC(C)=O)c(O)c1. The van der Waals surface area contributed by atoms with Crippen molar-refractivity contribution in [2.45, 2.75) is 11.8 Å². The molecule has 0 heterocycles. The molecule has 4 heteroatoms. The normalized spacial score (nSPS) is 9.69. The molecule has 0 saturated carbocycles. The first-order valence-electron chi connectivity index (χ1n) is 3.69. The van der Waals surface area contributed by atoms with E-state index in [0.717, 1.165) is 4.90 Å². The maximum atomic E-state index is 10.6. The third-order valence-electron chi connectivity index (χ3n) is 1.42. The molecule has 0 bridgehead atoms. The second-order valence-corrected chi connectivity index (χ2v) is 3.31. The fourth-order valence-corrected chi connectivity index (χ4v) is 1.30. The Morgan fingerprint density at radius 1 is 1.54 bits per heavy atom. The Hall–Kier alpha value is -1.16. The van der Waals surface area contributed by atoms with E-state index in [1.165, 1.54) is 18.7 Å². The number of ether oxygens (including phenoxy) is 1. The van der Waals surface area contributed by atoms with Crippen molar-refractivity contribution in [3.8, 4) is 11.5 Å². The minimum atomic E-state index is -0.438. The number of hydrogen-bond donors (Lipinski definition) is 1. The van der Waals surface area contributed by atoms with Crippen molar-refractivity contribution in [2.75, 3.05) is 6.26 Å². The number of hydrogen-bond acceptors (Lipinski definition) is 4. The molecule has 3 nitrogen and oxygen atoms in total. The lowest BCUT2D eigenvalue weighted by atomic mass is 10.3. The molecule has 0 atom stereocenters. The van der Waals surface area contributed by atoms with Crippen LogP contribution in [-0.4, -0.2) is 17.3 Å². The first-order chi connectivity index (χ1) is 6.13. The van der Waals surface area contributed by atoms with Gasteiger partial charge in [-0.2, -0.15) is 0 Å². The van der Waals surface area contributed by atoms with Gasteiger partial charge in [0.25, 0.3) is 0 Å². The van der Waals surface area contributed by atoms with Crippen LogP contribution in [-0.2, 0) is 4.79 Å². The summed E-state index contributed by atoms with van der Waals surface area (Å²) in [4.78, 5) is 11.5. The maximum absolute atomic E-state index is 10.6. The van der Waals surface area contributed by atoms with E-state index < -0.39 is 5.97 Å². The van der Waals surface area contributed by atoms with Crippen LogP contribution in [0.3, 0.4) is 0 Å². The van der Waals surface area contributed by atoms with Crippen molar-refractivity contribution in [1.82, 2.24) is 0 Å². The topological polar surface area (TPSA) is 46.5 Å². The van der Waals surface area contributed by atoms with Gasteiger partial charge in [-0.05, 0) is 24.5 Å². The molecule has 70 valence electrons. The van der Waals surface area contributed by atoms with Gasteiger partial charge in [-0.15, -0.1) is 11.8 Å². The highest BCUT2D eigenvalue weighted by Gasteiger charge is 2.05. The summed E-state index contributed by atoms with van der Waals surface area (Å²) >= 11 is 1.51. The van der Waals surface area contributed by atoms with E-state index in [2.05, 4.69) is 0 Å². The summed E-state index contributed by atoms with van der Waals surface area (Å²) in [5.41, 5.74) is 0. The van der Waals surface area contributed by atoms with Crippen LogP contribution in [0.5, 0.6) is 11.5 Å². The second kappa shape index (κ2) is 4.18. The van der Waals surface area contributed by atoms with Crippen molar-refractivity contribution in [3.63, 3.8) is 0 Å². The van der Waals surface area contributed by atoms with Gasteiger partial charge in [0.15, 0.2) is 11.5 Å². The number of benzene rings is 1. The van der Waals surface area contributed by atoms with E-state index in [1.54, 1.807) is 18.2 Å². The quantitative estimate of drug-likeness (QED) is 0.449. The lowest BCUT2D eigenvalue weighted by Crippen LogP contribution is -2.01. The summed E-state index contributed by atoms with van der Waals surface area (Å²) in [5.74, 6) is -0.250. The molecule has 0 fully saturated rings. The van der Waals surface area contributed by atoms with Crippen molar-refractivity contribution in [2.24, 2.45) is 0 Å². The average Bonchev–Trinajstić information content (AvgIpc) is 2.08. The molecule has 1 N–H and O–H groups in total. The van der Waals surface area contributed by atoms with E-state index in [-0.39, 0.29) is 11.5 Å². The molecular weight excluding hydrogens is 188 g/mol. The van der Waals surface area contributed by atoms with Crippen molar-refractivity contribution in [3.05, 3.63) is 18.2 Å². The Morgan fingerprint density at radius 3 is 2.69 bits per heavy atom. The lowest BCUT2D eigenvalue weighted by molar-refractivity contribution is -0.132. The minimum Gasteiger partial charge on any atom is -0.504 e. The van der Waals surface area contributed by atoms with Crippen molar-refractivity contribution >= 4 is 17.7 Å². The van der Waals surface area contributed by atoms with E-state index in [0.29, 0.717) is 0 Å². The number of aromatic hydroxyl groups is 1. The number of phenols is 1. The fraction of sp³-hybridized carbons (Fsp3) is 0.222. The van der Waals surface area contributed by atoms with Crippen LogP contribution in [0.1, 0.15) is 6.92 Å². The van der Waals surface area contributed by atoms with E-state index in [9.17, 15) is 9.90 Å². The second-order valence-electron chi connectivity index (χ2n) is 2.43. The Morgan fingerprint density at radius 2 is 2.23 bits per heavy atom. The van der Waals surface area contributed by atoms with Gasteiger partial charge in [-0.25, -0.2) is 0 Å². The zero-order valence-corrected chi connectivity index (χ0v) is 8.22.